The second kappa shape index (κ2) is 7.56. The van der Waals surface area contributed by atoms with Gasteiger partial charge in [0.25, 0.3) is 11.8 Å². The number of nitrogens with one attached hydrogen (secondary N) is 1. The van der Waals surface area contributed by atoms with Crippen LogP contribution in [0.1, 0.15) is 21.7 Å². The first-order valence-corrected chi connectivity index (χ1v) is 8.72. The van der Waals surface area contributed by atoms with Crippen LogP contribution in [0.3, 0.4) is 0 Å². The number of halogens is 1. The van der Waals surface area contributed by atoms with Crippen LogP contribution in [-0.4, -0.2) is 18.4 Å². The lowest BCUT2D eigenvalue weighted by atomic mass is 10.1. The van der Waals surface area contributed by atoms with E-state index in [4.69, 9.17) is 9.15 Å². The molecule has 0 aliphatic carbocycles. The Kier molecular flexibility index (Phi) is 4.80. The third-order valence-electron chi connectivity index (χ3n) is 4.42. The van der Waals surface area contributed by atoms with Gasteiger partial charge in [-0.25, -0.2) is 4.39 Å². The van der Waals surface area contributed by atoms with Gasteiger partial charge in [0.15, 0.2) is 6.61 Å². The highest BCUT2D eigenvalue weighted by atomic mass is 19.1. The summed E-state index contributed by atoms with van der Waals surface area (Å²) >= 11 is 0. The van der Waals surface area contributed by atoms with Crippen LogP contribution in [0.2, 0.25) is 0 Å². The van der Waals surface area contributed by atoms with E-state index in [1.54, 1.807) is 42.5 Å². The zero-order valence-electron chi connectivity index (χ0n) is 14.9. The number of carbonyl (C=O) groups excluding carboxylic acids is 2. The maximum absolute atomic E-state index is 13.1. The molecule has 1 aromatic heterocycles. The van der Waals surface area contributed by atoms with Crippen LogP contribution in [0, 0.1) is 5.82 Å². The van der Waals surface area contributed by atoms with Gasteiger partial charge in [0, 0.05) is 5.56 Å². The number of hydrogen-bond donors (Lipinski definition) is 1. The van der Waals surface area contributed by atoms with Crippen molar-refractivity contribution in [2.45, 2.75) is 13.1 Å². The topological polar surface area (TPSA) is 71.8 Å². The van der Waals surface area contributed by atoms with Crippen molar-refractivity contribution in [2.75, 3.05) is 11.5 Å². The summed E-state index contributed by atoms with van der Waals surface area (Å²) in [7, 11) is 0. The molecule has 28 heavy (non-hydrogen) atoms. The Hall–Kier alpha value is -3.61. The highest BCUT2D eigenvalue weighted by Crippen LogP contribution is 2.34. The molecule has 1 N–H and O–H groups in total. The number of furan rings is 1. The highest BCUT2D eigenvalue weighted by molar-refractivity contribution is 6.01. The number of hydrogen-bond acceptors (Lipinski definition) is 4. The number of carbonyl (C=O) groups is 2. The lowest BCUT2D eigenvalue weighted by molar-refractivity contribution is -0.121. The van der Waals surface area contributed by atoms with E-state index in [1.165, 1.54) is 23.3 Å². The number of fused-ring (bicyclic) bond motifs is 1. The summed E-state index contributed by atoms with van der Waals surface area (Å²) in [5.41, 5.74) is 1.68. The van der Waals surface area contributed by atoms with Crippen molar-refractivity contribution >= 4 is 17.5 Å². The average Bonchev–Trinajstić information content (AvgIpc) is 3.23. The molecule has 0 atom stereocenters. The lowest BCUT2D eigenvalue weighted by Crippen LogP contribution is -2.38. The fourth-order valence-electron chi connectivity index (χ4n) is 2.97. The predicted octanol–water partition coefficient (Wildman–Crippen LogP) is 3.27. The normalized spacial score (nSPS) is 13.0. The van der Waals surface area contributed by atoms with Gasteiger partial charge in [0.2, 0.25) is 0 Å². The zero-order valence-corrected chi connectivity index (χ0v) is 14.9. The second-order valence-corrected chi connectivity index (χ2v) is 6.34. The Morgan fingerprint density at radius 2 is 1.96 bits per heavy atom. The number of ether oxygens (including phenoxy) is 1. The van der Waals surface area contributed by atoms with Gasteiger partial charge in [0.05, 0.1) is 25.0 Å². The molecule has 0 saturated carbocycles. The summed E-state index contributed by atoms with van der Waals surface area (Å²) in [5, 5.41) is 2.77. The summed E-state index contributed by atoms with van der Waals surface area (Å²) < 4.78 is 23.8. The van der Waals surface area contributed by atoms with Gasteiger partial charge < -0.3 is 19.4 Å². The second-order valence-electron chi connectivity index (χ2n) is 6.34. The average molecular weight is 380 g/mol. The van der Waals surface area contributed by atoms with Crippen molar-refractivity contribution in [1.29, 1.82) is 0 Å². The molecule has 2 aromatic carbocycles. The fraction of sp³-hybridized carbons (Fsp3) is 0.143. The van der Waals surface area contributed by atoms with Gasteiger partial charge in [-0.05, 0) is 48.0 Å². The molecule has 6 nitrogen and oxygen atoms in total. The molecule has 0 fully saturated rings. The van der Waals surface area contributed by atoms with Crippen molar-refractivity contribution in [3.8, 4) is 5.75 Å². The number of amides is 2. The van der Waals surface area contributed by atoms with E-state index in [0.717, 1.165) is 5.56 Å². The van der Waals surface area contributed by atoms with E-state index in [9.17, 15) is 14.0 Å². The third-order valence-corrected chi connectivity index (χ3v) is 4.42. The zero-order chi connectivity index (χ0) is 19.5. The van der Waals surface area contributed by atoms with Gasteiger partial charge >= 0.3 is 0 Å². The fourth-order valence-corrected chi connectivity index (χ4v) is 2.97. The van der Waals surface area contributed by atoms with Crippen LogP contribution >= 0.6 is 0 Å². The molecule has 7 heteroatoms. The SMILES string of the molecule is O=C(NCc1ccco1)c1ccc2c(c1)N(Cc1ccc(F)cc1)C(=O)CO2. The van der Waals surface area contributed by atoms with Gasteiger partial charge in [-0.2, -0.15) is 0 Å². The maximum Gasteiger partial charge on any atom is 0.265 e. The Morgan fingerprint density at radius 1 is 1.14 bits per heavy atom. The maximum atomic E-state index is 13.1. The summed E-state index contributed by atoms with van der Waals surface area (Å²) in [6.45, 7) is 0.433. The molecule has 2 heterocycles. The molecule has 0 radical (unpaired) electrons. The van der Waals surface area contributed by atoms with Gasteiger partial charge in [-0.1, -0.05) is 12.1 Å². The van der Waals surface area contributed by atoms with Crippen molar-refractivity contribution in [3.63, 3.8) is 0 Å². The minimum atomic E-state index is -0.340. The van der Waals surface area contributed by atoms with Crippen LogP contribution in [0.25, 0.3) is 0 Å². The van der Waals surface area contributed by atoms with Gasteiger partial charge in [-0.15, -0.1) is 0 Å². The first-order valence-electron chi connectivity index (χ1n) is 8.72. The van der Waals surface area contributed by atoms with Gasteiger partial charge in [-0.3, -0.25) is 9.59 Å². The molecule has 3 aromatic rings. The molecule has 0 bridgehead atoms. The highest BCUT2D eigenvalue weighted by Gasteiger charge is 2.26. The molecule has 0 unspecified atom stereocenters. The molecule has 1 aliphatic rings. The van der Waals surface area contributed by atoms with Crippen molar-refractivity contribution in [1.82, 2.24) is 5.32 Å². The molecule has 1 aliphatic heterocycles. The Balaban J connectivity index is 1.56. The van der Waals surface area contributed by atoms with Crippen LogP contribution in [0.5, 0.6) is 5.75 Å². The minimum Gasteiger partial charge on any atom is -0.482 e. The van der Waals surface area contributed by atoms with Crippen LogP contribution in [0.15, 0.2) is 65.3 Å². The molecular formula is C21H17FN2O4. The van der Waals surface area contributed by atoms with Crippen molar-refractivity contribution in [2.24, 2.45) is 0 Å². The minimum absolute atomic E-state index is 0.0851. The van der Waals surface area contributed by atoms with E-state index in [2.05, 4.69) is 5.32 Å². The first kappa shape index (κ1) is 17.8. The quantitative estimate of drug-likeness (QED) is 0.737. The Morgan fingerprint density at radius 3 is 2.71 bits per heavy atom. The Bertz CT molecular complexity index is 1000. The Labute approximate surface area is 160 Å². The molecular weight excluding hydrogens is 363 g/mol. The molecule has 142 valence electrons. The molecule has 0 saturated heterocycles. The first-order chi connectivity index (χ1) is 13.6. The van der Waals surface area contributed by atoms with E-state index >= 15 is 0 Å². The molecule has 2 amide bonds. The van der Waals surface area contributed by atoms with Crippen LogP contribution in [-0.2, 0) is 17.9 Å². The number of benzene rings is 2. The summed E-state index contributed by atoms with van der Waals surface area (Å²) in [4.78, 5) is 26.4. The van der Waals surface area contributed by atoms with Crippen LogP contribution in [0.4, 0.5) is 10.1 Å². The van der Waals surface area contributed by atoms with E-state index in [-0.39, 0.29) is 37.3 Å². The number of anilines is 1. The van der Waals surface area contributed by atoms with E-state index in [1.807, 2.05) is 0 Å². The van der Waals surface area contributed by atoms with E-state index < -0.39 is 0 Å². The van der Waals surface area contributed by atoms with Crippen molar-refractivity contribution < 1.29 is 23.1 Å². The van der Waals surface area contributed by atoms with E-state index in [0.29, 0.717) is 22.8 Å². The smallest absolute Gasteiger partial charge is 0.265 e. The summed E-state index contributed by atoms with van der Waals surface area (Å²) in [6.07, 6.45) is 1.54. The number of rotatable bonds is 5. The molecule has 0 spiro atoms. The largest absolute Gasteiger partial charge is 0.482 e. The summed E-state index contributed by atoms with van der Waals surface area (Å²) in [5.74, 6) is 0.295. The van der Waals surface area contributed by atoms with Crippen molar-refractivity contribution in [3.05, 3.63) is 83.6 Å². The van der Waals surface area contributed by atoms with Crippen LogP contribution < -0.4 is 15.0 Å². The standard InChI is InChI=1S/C21H17FN2O4/c22-16-6-3-14(4-7-16)12-24-18-10-15(5-8-19(18)28-13-20(24)25)21(26)23-11-17-2-1-9-27-17/h1-10H,11-13H2,(H,23,26). The third kappa shape index (κ3) is 3.73. The number of nitrogens with zero attached hydrogens (tertiary/aromatic N) is 1. The lowest BCUT2D eigenvalue weighted by Gasteiger charge is -2.29. The summed E-state index contributed by atoms with van der Waals surface area (Å²) in [6, 6.07) is 14.4. The monoisotopic (exact) mass is 380 g/mol. The molecule has 4 rings (SSSR count). The predicted molar refractivity (Wildman–Crippen MR) is 99.4 cm³/mol. The van der Waals surface area contributed by atoms with Gasteiger partial charge in [0.1, 0.15) is 17.3 Å².